The number of thioether (sulfide) groups is 1. The molecular weight excluding hydrogens is 510 g/mol. The Bertz CT molecular complexity index is 1310. The Morgan fingerprint density at radius 3 is 2.19 bits per heavy atom. The number of nitrogens with zero attached hydrogens (tertiary/aromatic N) is 1. The van der Waals surface area contributed by atoms with Gasteiger partial charge < -0.3 is 14.6 Å². The van der Waals surface area contributed by atoms with E-state index < -0.39 is 28.0 Å². The lowest BCUT2D eigenvalue weighted by atomic mass is 9.90. The first-order valence-corrected chi connectivity index (χ1v) is 14.4. The number of aliphatic carboxylic acids is 1. The van der Waals surface area contributed by atoms with E-state index in [1.165, 1.54) is 16.1 Å². The standard InChI is InChI=1S/C28H31NO6S2/c1-4-35-22-9-7-20(8-10-22)26-17-27(36-23-13-11-21(34-3)12-14-23)25(28(30)31)18-29(26)37(32,33)24-15-5-19(2)6-16-24/h5-16,25-27H,4,17-18H2,1-3H3,(H,30,31)/t25-,26+,27-/m1/s1. The molecule has 3 atom stereocenters. The molecule has 4 rings (SSSR count). The molecule has 1 N–H and O–H groups in total. The molecule has 0 aromatic heterocycles. The average Bonchev–Trinajstić information content (AvgIpc) is 2.89. The lowest BCUT2D eigenvalue weighted by molar-refractivity contribution is -0.143. The fraction of sp³-hybridized carbons (Fsp3) is 0.321. The van der Waals surface area contributed by atoms with Gasteiger partial charge in [0.05, 0.1) is 30.6 Å². The quantitative estimate of drug-likeness (QED) is 0.388. The maximum Gasteiger partial charge on any atom is 0.308 e. The van der Waals surface area contributed by atoms with Gasteiger partial charge in [0.1, 0.15) is 11.5 Å². The zero-order chi connectivity index (χ0) is 26.6. The molecule has 0 amide bonds. The Morgan fingerprint density at radius 2 is 1.62 bits per heavy atom. The molecule has 196 valence electrons. The van der Waals surface area contributed by atoms with Crippen LogP contribution in [-0.4, -0.2) is 49.3 Å². The SMILES string of the molecule is CCOc1ccc([C@@H]2C[C@@H](Sc3ccc(OC)cc3)[C@H](C(=O)O)CN2S(=O)(=O)c2ccc(C)cc2)cc1. The molecule has 9 heteroatoms. The van der Waals surface area contributed by atoms with Crippen LogP contribution in [0, 0.1) is 12.8 Å². The molecule has 0 spiro atoms. The summed E-state index contributed by atoms with van der Waals surface area (Å²) in [7, 11) is -2.36. The summed E-state index contributed by atoms with van der Waals surface area (Å²) < 4.78 is 39.8. The van der Waals surface area contributed by atoms with E-state index in [0.29, 0.717) is 24.5 Å². The molecule has 0 bridgehead atoms. The van der Waals surface area contributed by atoms with Crippen molar-refractivity contribution in [3.8, 4) is 11.5 Å². The van der Waals surface area contributed by atoms with Crippen molar-refractivity contribution in [2.75, 3.05) is 20.3 Å². The Kier molecular flexibility index (Phi) is 8.46. The van der Waals surface area contributed by atoms with Crippen LogP contribution in [0.15, 0.2) is 82.6 Å². The van der Waals surface area contributed by atoms with Gasteiger partial charge in [0.25, 0.3) is 0 Å². The van der Waals surface area contributed by atoms with E-state index in [2.05, 4.69) is 0 Å². The van der Waals surface area contributed by atoms with Crippen molar-refractivity contribution >= 4 is 27.8 Å². The Labute approximate surface area is 222 Å². The molecule has 0 aliphatic carbocycles. The second-order valence-corrected chi connectivity index (χ2v) is 12.1. The summed E-state index contributed by atoms with van der Waals surface area (Å²) in [6.07, 6.45) is 0.340. The third-order valence-electron chi connectivity index (χ3n) is 6.50. The summed E-state index contributed by atoms with van der Waals surface area (Å²) in [5.41, 5.74) is 1.74. The second kappa shape index (κ2) is 11.6. The number of carboxylic acids is 1. The fourth-order valence-electron chi connectivity index (χ4n) is 4.50. The number of hydrogen-bond donors (Lipinski definition) is 1. The summed E-state index contributed by atoms with van der Waals surface area (Å²) >= 11 is 1.46. The number of ether oxygens (including phenoxy) is 2. The summed E-state index contributed by atoms with van der Waals surface area (Å²) in [6.45, 7) is 4.19. The molecule has 37 heavy (non-hydrogen) atoms. The highest BCUT2D eigenvalue weighted by molar-refractivity contribution is 8.00. The van der Waals surface area contributed by atoms with Crippen LogP contribution in [0.4, 0.5) is 0 Å². The van der Waals surface area contributed by atoms with Crippen molar-refractivity contribution in [2.24, 2.45) is 5.92 Å². The molecule has 1 saturated heterocycles. The monoisotopic (exact) mass is 541 g/mol. The van der Waals surface area contributed by atoms with Crippen LogP contribution in [0.2, 0.25) is 0 Å². The molecule has 1 aliphatic rings. The lowest BCUT2D eigenvalue weighted by Crippen LogP contribution is -2.49. The van der Waals surface area contributed by atoms with E-state index in [0.717, 1.165) is 16.0 Å². The largest absolute Gasteiger partial charge is 0.497 e. The molecule has 1 aliphatic heterocycles. The number of aryl methyl sites for hydroxylation is 1. The smallest absolute Gasteiger partial charge is 0.308 e. The van der Waals surface area contributed by atoms with Crippen LogP contribution in [0.3, 0.4) is 0 Å². The highest BCUT2D eigenvalue weighted by atomic mass is 32.2. The first-order valence-electron chi connectivity index (χ1n) is 12.1. The van der Waals surface area contributed by atoms with E-state index in [1.54, 1.807) is 31.4 Å². The van der Waals surface area contributed by atoms with Gasteiger partial charge in [-0.1, -0.05) is 29.8 Å². The maximum atomic E-state index is 13.8. The first-order chi connectivity index (χ1) is 17.7. The topological polar surface area (TPSA) is 93.1 Å². The number of hydrogen-bond acceptors (Lipinski definition) is 6. The van der Waals surface area contributed by atoms with Crippen LogP contribution in [0.1, 0.15) is 30.5 Å². The van der Waals surface area contributed by atoms with Crippen molar-refractivity contribution in [3.05, 3.63) is 83.9 Å². The Hall–Kier alpha value is -3.01. The molecule has 3 aromatic rings. The molecule has 0 radical (unpaired) electrons. The van der Waals surface area contributed by atoms with Crippen molar-refractivity contribution in [3.63, 3.8) is 0 Å². The number of carboxylic acid groups (broad SMARTS) is 1. The van der Waals surface area contributed by atoms with Gasteiger partial charge in [-0.25, -0.2) is 8.42 Å². The van der Waals surface area contributed by atoms with Gasteiger partial charge in [-0.05, 0) is 74.4 Å². The van der Waals surface area contributed by atoms with Gasteiger partial charge in [0.2, 0.25) is 10.0 Å². The van der Waals surface area contributed by atoms with Crippen molar-refractivity contribution in [1.82, 2.24) is 4.31 Å². The third kappa shape index (κ3) is 6.11. The molecule has 7 nitrogen and oxygen atoms in total. The number of carbonyl (C=O) groups is 1. The van der Waals surface area contributed by atoms with Crippen LogP contribution in [0.25, 0.3) is 0 Å². The highest BCUT2D eigenvalue weighted by Crippen LogP contribution is 2.44. The van der Waals surface area contributed by atoms with Crippen molar-refractivity contribution in [2.45, 2.75) is 41.4 Å². The predicted molar refractivity (Wildman–Crippen MR) is 144 cm³/mol. The number of benzene rings is 3. The van der Waals surface area contributed by atoms with Crippen LogP contribution < -0.4 is 9.47 Å². The molecule has 0 unspecified atom stereocenters. The van der Waals surface area contributed by atoms with Gasteiger partial charge >= 0.3 is 5.97 Å². The van der Waals surface area contributed by atoms with Crippen molar-refractivity contribution in [1.29, 1.82) is 0 Å². The van der Waals surface area contributed by atoms with E-state index in [-0.39, 0.29) is 16.7 Å². The number of methoxy groups -OCH3 is 1. The predicted octanol–water partition coefficient (Wildman–Crippen LogP) is 5.40. The van der Waals surface area contributed by atoms with E-state index >= 15 is 0 Å². The molecular formula is C28H31NO6S2. The van der Waals surface area contributed by atoms with Crippen LogP contribution in [0.5, 0.6) is 11.5 Å². The molecule has 3 aromatic carbocycles. The van der Waals surface area contributed by atoms with Gasteiger partial charge in [-0.2, -0.15) is 4.31 Å². The summed E-state index contributed by atoms with van der Waals surface area (Å²) in [6, 6.07) is 20.9. The summed E-state index contributed by atoms with van der Waals surface area (Å²) in [5.74, 6) is -0.487. The maximum absolute atomic E-state index is 13.8. The number of sulfonamides is 1. The summed E-state index contributed by atoms with van der Waals surface area (Å²) in [4.78, 5) is 13.5. The van der Waals surface area contributed by atoms with Crippen LogP contribution in [-0.2, 0) is 14.8 Å². The fourth-order valence-corrected chi connectivity index (χ4v) is 7.44. The minimum atomic E-state index is -3.96. The Balaban J connectivity index is 1.73. The number of piperidine rings is 1. The average molecular weight is 542 g/mol. The van der Waals surface area contributed by atoms with E-state index in [4.69, 9.17) is 9.47 Å². The first kappa shape index (κ1) is 27.0. The van der Waals surface area contributed by atoms with Gasteiger partial charge in [0, 0.05) is 16.7 Å². The zero-order valence-electron chi connectivity index (χ0n) is 21.0. The minimum Gasteiger partial charge on any atom is -0.497 e. The normalized spacial score (nSPS) is 20.4. The zero-order valence-corrected chi connectivity index (χ0v) is 22.7. The van der Waals surface area contributed by atoms with Crippen LogP contribution >= 0.6 is 11.8 Å². The van der Waals surface area contributed by atoms with E-state index in [1.807, 2.05) is 62.4 Å². The van der Waals surface area contributed by atoms with Gasteiger partial charge in [-0.3, -0.25) is 4.79 Å². The molecule has 1 fully saturated rings. The Morgan fingerprint density at radius 1 is 1.00 bits per heavy atom. The minimum absolute atomic E-state index is 0.128. The highest BCUT2D eigenvalue weighted by Gasteiger charge is 2.45. The molecule has 0 saturated carbocycles. The lowest BCUT2D eigenvalue weighted by Gasteiger charge is -2.41. The second-order valence-electron chi connectivity index (χ2n) is 8.92. The third-order valence-corrected chi connectivity index (χ3v) is 9.75. The van der Waals surface area contributed by atoms with Gasteiger partial charge in [-0.15, -0.1) is 11.8 Å². The van der Waals surface area contributed by atoms with Gasteiger partial charge in [0.15, 0.2) is 0 Å². The number of rotatable bonds is 9. The van der Waals surface area contributed by atoms with E-state index in [9.17, 15) is 18.3 Å². The van der Waals surface area contributed by atoms with Crippen molar-refractivity contribution < 1.29 is 27.8 Å². The summed E-state index contributed by atoms with van der Waals surface area (Å²) in [5, 5.41) is 9.80. The molecule has 1 heterocycles.